The van der Waals surface area contributed by atoms with Crippen molar-refractivity contribution in [3.63, 3.8) is 0 Å². The monoisotopic (exact) mass is 397 g/mol. The maximum atomic E-state index is 12.7. The first-order chi connectivity index (χ1) is 14.0. The predicted octanol–water partition coefficient (Wildman–Crippen LogP) is 1.08. The number of nitrogens with one attached hydrogen (secondary N) is 1. The van der Waals surface area contributed by atoms with Gasteiger partial charge in [0.1, 0.15) is 5.75 Å². The highest BCUT2D eigenvalue weighted by Crippen LogP contribution is 2.26. The summed E-state index contributed by atoms with van der Waals surface area (Å²) in [4.78, 5) is 26.2. The first-order valence-corrected chi connectivity index (χ1v) is 9.07. The molecule has 1 amide bonds. The first-order valence-electron chi connectivity index (χ1n) is 9.07. The fraction of sp³-hybridized carbons (Fsp3) is 0.333. The summed E-state index contributed by atoms with van der Waals surface area (Å²) in [7, 11) is 1.46. The van der Waals surface area contributed by atoms with Gasteiger partial charge in [-0.15, -0.1) is 14.8 Å². The summed E-state index contributed by atoms with van der Waals surface area (Å²) in [6, 6.07) is 8.19. The average Bonchev–Trinajstić information content (AvgIpc) is 3.22. The molecule has 11 nitrogen and oxygen atoms in total. The number of carbonyl (C=O) groups is 2. The summed E-state index contributed by atoms with van der Waals surface area (Å²) in [6.07, 6.45) is 1.25. The van der Waals surface area contributed by atoms with Crippen LogP contribution in [0.1, 0.15) is 23.2 Å². The van der Waals surface area contributed by atoms with Gasteiger partial charge in [-0.05, 0) is 53.6 Å². The Kier molecular flexibility index (Phi) is 4.94. The zero-order valence-electron chi connectivity index (χ0n) is 15.6. The minimum absolute atomic E-state index is 0.00548. The molecule has 150 valence electrons. The number of hydrogen-bond donors (Lipinski definition) is 2. The normalized spacial score (nSPS) is 14.7. The van der Waals surface area contributed by atoms with E-state index in [2.05, 4.69) is 30.8 Å². The molecule has 1 saturated heterocycles. The molecule has 1 aliphatic rings. The lowest BCUT2D eigenvalue weighted by atomic mass is 9.95. The van der Waals surface area contributed by atoms with E-state index in [9.17, 15) is 14.7 Å². The molecular weight excluding hydrogens is 378 g/mol. The average molecular weight is 397 g/mol. The van der Waals surface area contributed by atoms with E-state index in [0.717, 1.165) is 5.82 Å². The molecule has 29 heavy (non-hydrogen) atoms. The SMILES string of the molecule is COc1ccc(NC(=O)C2CCN(c3ccc4nnnn4n3)CC2)c(C(=O)O)c1. The van der Waals surface area contributed by atoms with E-state index in [-0.39, 0.29) is 23.1 Å². The zero-order chi connectivity index (χ0) is 20.4. The molecule has 2 aromatic heterocycles. The van der Waals surface area contributed by atoms with Crippen LogP contribution in [0.5, 0.6) is 5.75 Å². The molecule has 0 atom stereocenters. The van der Waals surface area contributed by atoms with Crippen molar-refractivity contribution in [3.8, 4) is 5.75 Å². The van der Waals surface area contributed by atoms with E-state index in [4.69, 9.17) is 4.74 Å². The van der Waals surface area contributed by atoms with Gasteiger partial charge in [0.15, 0.2) is 11.5 Å². The van der Waals surface area contributed by atoms with Crippen LogP contribution in [0.25, 0.3) is 5.65 Å². The van der Waals surface area contributed by atoms with Gasteiger partial charge in [-0.1, -0.05) is 0 Å². The third-order valence-electron chi connectivity index (χ3n) is 4.96. The third kappa shape index (κ3) is 3.79. The van der Waals surface area contributed by atoms with Crippen molar-refractivity contribution in [3.05, 3.63) is 35.9 Å². The predicted molar refractivity (Wildman–Crippen MR) is 102 cm³/mol. The third-order valence-corrected chi connectivity index (χ3v) is 4.96. The number of methoxy groups -OCH3 is 1. The number of aromatic carboxylic acids is 1. The van der Waals surface area contributed by atoms with Crippen molar-refractivity contribution >= 4 is 29.0 Å². The van der Waals surface area contributed by atoms with Gasteiger partial charge in [-0.2, -0.15) is 0 Å². The molecule has 0 unspecified atom stereocenters. The summed E-state index contributed by atoms with van der Waals surface area (Å²) in [5.41, 5.74) is 0.822. The van der Waals surface area contributed by atoms with Gasteiger partial charge in [-0.3, -0.25) is 4.79 Å². The number of carboxylic acids is 1. The summed E-state index contributed by atoms with van der Waals surface area (Å²) >= 11 is 0. The number of ether oxygens (including phenoxy) is 1. The van der Waals surface area contributed by atoms with Crippen molar-refractivity contribution in [1.82, 2.24) is 25.3 Å². The van der Waals surface area contributed by atoms with Crippen molar-refractivity contribution < 1.29 is 19.4 Å². The largest absolute Gasteiger partial charge is 0.497 e. The fourth-order valence-corrected chi connectivity index (χ4v) is 3.35. The number of carbonyl (C=O) groups excluding carboxylic acids is 1. The number of anilines is 2. The Hall–Kier alpha value is -3.76. The number of tetrazole rings is 1. The molecule has 1 aromatic carbocycles. The van der Waals surface area contributed by atoms with Crippen LogP contribution in [0.15, 0.2) is 30.3 Å². The van der Waals surface area contributed by atoms with E-state index < -0.39 is 5.97 Å². The van der Waals surface area contributed by atoms with Crippen LogP contribution in [0.4, 0.5) is 11.5 Å². The zero-order valence-corrected chi connectivity index (χ0v) is 15.6. The minimum Gasteiger partial charge on any atom is -0.497 e. The standard InChI is InChI=1S/C18H19N7O4/c1-29-12-2-3-14(13(10-12)18(27)28)19-17(26)11-6-8-24(9-7-11)16-5-4-15-20-22-23-25(15)21-16/h2-5,10-11H,6-9H2,1H3,(H,19,26)(H,27,28). The summed E-state index contributed by atoms with van der Waals surface area (Å²) < 4.78 is 6.42. The Bertz CT molecular complexity index is 1060. The van der Waals surface area contributed by atoms with Crippen molar-refractivity contribution in [2.24, 2.45) is 5.92 Å². The number of benzene rings is 1. The van der Waals surface area contributed by atoms with Gasteiger partial charge in [-0.25, -0.2) is 4.79 Å². The highest BCUT2D eigenvalue weighted by Gasteiger charge is 2.27. The van der Waals surface area contributed by atoms with E-state index in [1.54, 1.807) is 18.2 Å². The highest BCUT2D eigenvalue weighted by molar-refractivity contribution is 6.01. The molecule has 2 N–H and O–H groups in total. The lowest BCUT2D eigenvalue weighted by Gasteiger charge is -2.31. The summed E-state index contributed by atoms with van der Waals surface area (Å²) in [5.74, 6) is -0.376. The number of piperidine rings is 1. The number of amides is 1. The lowest BCUT2D eigenvalue weighted by Crippen LogP contribution is -2.39. The number of fused-ring (bicyclic) bond motifs is 1. The molecule has 11 heteroatoms. The van der Waals surface area contributed by atoms with Gasteiger partial charge in [0.05, 0.1) is 18.4 Å². The Balaban J connectivity index is 1.41. The smallest absolute Gasteiger partial charge is 0.337 e. The molecular formula is C18H19N7O4. The van der Waals surface area contributed by atoms with Gasteiger partial charge < -0.3 is 20.1 Å². The Morgan fingerprint density at radius 3 is 2.72 bits per heavy atom. The van der Waals surface area contributed by atoms with Crippen LogP contribution in [0.2, 0.25) is 0 Å². The molecule has 3 aromatic rings. The number of carboxylic acid groups (broad SMARTS) is 1. The molecule has 0 radical (unpaired) electrons. The van der Waals surface area contributed by atoms with Crippen LogP contribution in [0.3, 0.4) is 0 Å². The lowest BCUT2D eigenvalue weighted by molar-refractivity contribution is -0.120. The van der Waals surface area contributed by atoms with Crippen molar-refractivity contribution in [2.75, 3.05) is 30.4 Å². The van der Waals surface area contributed by atoms with Crippen LogP contribution in [-0.2, 0) is 4.79 Å². The van der Waals surface area contributed by atoms with Crippen molar-refractivity contribution in [2.45, 2.75) is 12.8 Å². The van der Waals surface area contributed by atoms with E-state index in [1.165, 1.54) is 17.8 Å². The minimum atomic E-state index is -1.13. The second-order valence-corrected chi connectivity index (χ2v) is 6.69. The second kappa shape index (κ2) is 7.70. The number of rotatable bonds is 5. The number of aromatic nitrogens is 5. The molecule has 0 aliphatic carbocycles. The molecule has 4 rings (SSSR count). The maximum absolute atomic E-state index is 12.7. The Morgan fingerprint density at radius 2 is 2.00 bits per heavy atom. The maximum Gasteiger partial charge on any atom is 0.337 e. The van der Waals surface area contributed by atoms with Crippen LogP contribution in [-0.4, -0.2) is 62.4 Å². The summed E-state index contributed by atoms with van der Waals surface area (Å²) in [5, 5.41) is 27.7. The van der Waals surface area contributed by atoms with E-state index in [0.29, 0.717) is 37.3 Å². The van der Waals surface area contributed by atoms with E-state index in [1.807, 2.05) is 6.07 Å². The number of hydrogen-bond acceptors (Lipinski definition) is 8. The van der Waals surface area contributed by atoms with Crippen LogP contribution < -0.4 is 15.0 Å². The molecule has 1 aliphatic heterocycles. The molecule has 3 heterocycles. The van der Waals surface area contributed by atoms with Gasteiger partial charge in [0.25, 0.3) is 0 Å². The molecule has 1 fully saturated rings. The van der Waals surface area contributed by atoms with Gasteiger partial charge >= 0.3 is 5.97 Å². The summed E-state index contributed by atoms with van der Waals surface area (Å²) in [6.45, 7) is 1.29. The Morgan fingerprint density at radius 1 is 1.21 bits per heavy atom. The highest BCUT2D eigenvalue weighted by atomic mass is 16.5. The fourth-order valence-electron chi connectivity index (χ4n) is 3.35. The van der Waals surface area contributed by atoms with Gasteiger partial charge in [0, 0.05) is 19.0 Å². The molecule has 0 saturated carbocycles. The quantitative estimate of drug-likeness (QED) is 0.648. The Labute approximate surface area is 165 Å². The molecule has 0 bridgehead atoms. The van der Waals surface area contributed by atoms with Crippen molar-refractivity contribution in [1.29, 1.82) is 0 Å². The first kappa shape index (κ1) is 18.6. The number of nitrogens with zero attached hydrogens (tertiary/aromatic N) is 6. The van der Waals surface area contributed by atoms with E-state index >= 15 is 0 Å². The van der Waals surface area contributed by atoms with Gasteiger partial charge in [0.2, 0.25) is 5.91 Å². The second-order valence-electron chi connectivity index (χ2n) is 6.69. The van der Waals surface area contributed by atoms with Crippen LogP contribution >= 0.6 is 0 Å². The topological polar surface area (TPSA) is 135 Å². The van der Waals surface area contributed by atoms with Crippen LogP contribution in [0, 0.1) is 5.92 Å². The molecule has 0 spiro atoms.